The van der Waals surface area contributed by atoms with Crippen LogP contribution >= 0.6 is 11.3 Å². The zero-order valence-electron chi connectivity index (χ0n) is 44.8. The van der Waals surface area contributed by atoms with Crippen molar-refractivity contribution in [3.05, 3.63) is 33.0 Å². The quantitative estimate of drug-likeness (QED) is 0.0279. The van der Waals surface area contributed by atoms with Gasteiger partial charge in [0.15, 0.2) is 0 Å². The number of carbonyl (C=O) groups excluding carboxylic acids is 4. The molecular weight excluding hydrogens is 841 g/mol. The molecule has 1 aromatic rings. The van der Waals surface area contributed by atoms with Crippen LogP contribution in [-0.2, 0) is 36.8 Å². The zero-order chi connectivity index (χ0) is 49.3. The summed E-state index contributed by atoms with van der Waals surface area (Å²) in [6, 6.07) is 0. The number of carbonyl (C=O) groups is 4. The molecule has 1 atom stereocenters. The number of allylic oxidation sites excluding steroid dienone is 2. The number of hydrogen-bond acceptors (Lipinski definition) is 9. The molecule has 1 unspecified atom stereocenters. The van der Waals surface area contributed by atoms with Crippen molar-refractivity contribution in [2.24, 2.45) is 5.92 Å². The number of rotatable bonds is 39. The predicted octanol–water partition coefficient (Wildman–Crippen LogP) is 16.0. The molecule has 0 aliphatic carbocycles. The number of ether oxygens (including phenoxy) is 2. The van der Waals surface area contributed by atoms with Crippen molar-refractivity contribution in [3.63, 3.8) is 0 Å². The third-order valence-electron chi connectivity index (χ3n) is 12.1. The van der Waals surface area contributed by atoms with Crippen molar-refractivity contribution in [1.82, 2.24) is 9.80 Å². The van der Waals surface area contributed by atoms with Gasteiger partial charge in [0.05, 0.1) is 24.7 Å². The summed E-state index contributed by atoms with van der Waals surface area (Å²) in [6.07, 6.45) is 44.2. The van der Waals surface area contributed by atoms with Gasteiger partial charge in [0.25, 0.3) is 0 Å². The summed E-state index contributed by atoms with van der Waals surface area (Å²) in [5, 5.41) is 0. The van der Waals surface area contributed by atoms with E-state index in [2.05, 4.69) is 49.8 Å². The van der Waals surface area contributed by atoms with Crippen LogP contribution in [0.15, 0.2) is 12.2 Å². The van der Waals surface area contributed by atoms with E-state index in [4.69, 9.17) is 9.47 Å². The first-order valence-electron chi connectivity index (χ1n) is 27.5. The van der Waals surface area contributed by atoms with Gasteiger partial charge >= 0.3 is 11.9 Å². The highest BCUT2D eigenvalue weighted by Crippen LogP contribution is 2.33. The molecule has 2 heterocycles. The molecule has 8 nitrogen and oxygen atoms in total. The summed E-state index contributed by atoms with van der Waals surface area (Å²) in [5.74, 6) is -0.0261. The first-order chi connectivity index (χ1) is 32.2. The lowest BCUT2D eigenvalue weighted by molar-refractivity contribution is -0.149. The fourth-order valence-corrected chi connectivity index (χ4v) is 9.31. The van der Waals surface area contributed by atoms with E-state index >= 15 is 0 Å². The Morgan fingerprint density at radius 1 is 0.621 bits per heavy atom. The number of unbranched alkanes of at least 4 members (excludes halogenated alkanes) is 23. The summed E-state index contributed by atoms with van der Waals surface area (Å²) in [7, 11) is 6.17. The molecule has 0 amide bonds. The van der Waals surface area contributed by atoms with Crippen molar-refractivity contribution in [2.75, 3.05) is 47.4 Å². The Morgan fingerprint density at radius 2 is 1.06 bits per heavy atom. The molecule has 386 valence electrons. The highest BCUT2D eigenvalue weighted by atomic mass is 32.1. The fourth-order valence-electron chi connectivity index (χ4n) is 8.02. The van der Waals surface area contributed by atoms with Gasteiger partial charge in [-0.3, -0.25) is 4.79 Å². The van der Waals surface area contributed by atoms with Gasteiger partial charge in [-0.15, -0.1) is 11.3 Å². The Bertz CT molecular complexity index is 1280. The maximum Gasteiger partial charge on any atom is 0.339 e. The zero-order valence-corrected chi connectivity index (χ0v) is 45.6. The number of nitrogens with zero attached hydrogens (tertiary/aromatic N) is 2. The minimum Gasteiger partial charge on any atom is -0.465 e. The molecule has 1 aliphatic rings. The number of fused-ring (bicyclic) bond motifs is 1. The molecule has 9 heteroatoms. The van der Waals surface area contributed by atoms with Crippen LogP contribution in [0, 0.1) is 12.8 Å². The van der Waals surface area contributed by atoms with Crippen LogP contribution in [0.5, 0.6) is 0 Å². The van der Waals surface area contributed by atoms with E-state index in [9.17, 15) is 19.2 Å². The van der Waals surface area contributed by atoms with Crippen molar-refractivity contribution < 1.29 is 28.7 Å². The Labute approximate surface area is 412 Å². The van der Waals surface area contributed by atoms with Crippen LogP contribution in [-0.4, -0.2) is 81.8 Å². The van der Waals surface area contributed by atoms with Crippen LogP contribution in [0.3, 0.4) is 0 Å². The van der Waals surface area contributed by atoms with Gasteiger partial charge in [-0.25, -0.2) is 4.79 Å². The van der Waals surface area contributed by atoms with E-state index in [1.54, 1.807) is 11.3 Å². The normalized spacial score (nSPS) is 12.6. The number of hydrogen-bond donors (Lipinski definition) is 0. The van der Waals surface area contributed by atoms with E-state index < -0.39 is 0 Å². The van der Waals surface area contributed by atoms with E-state index in [1.165, 1.54) is 139 Å². The van der Waals surface area contributed by atoms with E-state index in [0.29, 0.717) is 19.6 Å². The van der Waals surface area contributed by atoms with E-state index in [-0.39, 0.29) is 17.9 Å². The summed E-state index contributed by atoms with van der Waals surface area (Å²) in [5.41, 5.74) is 2.06. The molecule has 0 fully saturated rings. The second kappa shape index (κ2) is 50.5. The Balaban J connectivity index is 0. The van der Waals surface area contributed by atoms with Gasteiger partial charge in [-0.05, 0) is 111 Å². The van der Waals surface area contributed by atoms with Crippen molar-refractivity contribution in [1.29, 1.82) is 0 Å². The van der Waals surface area contributed by atoms with Crippen molar-refractivity contribution in [2.45, 2.75) is 254 Å². The predicted molar refractivity (Wildman–Crippen MR) is 285 cm³/mol. The Morgan fingerprint density at radius 3 is 1.56 bits per heavy atom. The maximum absolute atomic E-state index is 12.4. The number of aryl methyl sites for hydroxylation is 1. The van der Waals surface area contributed by atoms with Gasteiger partial charge in [-0.1, -0.05) is 162 Å². The maximum atomic E-state index is 12.4. The Hall–Kier alpha value is -2.36. The molecule has 0 spiro atoms. The minimum absolute atomic E-state index is 0.0143. The molecule has 0 radical (unpaired) electrons. The molecule has 0 saturated carbocycles. The average Bonchev–Trinajstić information content (AvgIpc) is 3.64. The van der Waals surface area contributed by atoms with Crippen molar-refractivity contribution >= 4 is 35.8 Å². The topological polar surface area (TPSA) is 93.2 Å². The van der Waals surface area contributed by atoms with Crippen LogP contribution in [0.25, 0.3) is 0 Å². The standard InChI is InChI=1S/C22H42O3.C18H34O.C15H24N2O2S.C2H6/c1-3-5-7-9-10-14-18-21(17-13-8-6-4-2)22(24)25-20-16-12-11-15-19-23;1-2-3-4-5-6-7-8-9-10-11-12-13-14-15-16-17-18-19;1-11-14(15(18)19-9-5-7-16(2)3)12-6-8-17(4)10-13(12)20-11;1-2/h19,21H,3-18,20H2,1-2H3;9-10,18H,2-8,11-17H2,1H3;5-10H2,1-4H3;1-2H3/b;10-9-;;. The summed E-state index contributed by atoms with van der Waals surface area (Å²) < 4.78 is 10.9. The van der Waals surface area contributed by atoms with Crippen LogP contribution in [0.4, 0.5) is 0 Å². The number of thiophene rings is 1. The summed E-state index contributed by atoms with van der Waals surface area (Å²) in [4.78, 5) is 51.9. The summed E-state index contributed by atoms with van der Waals surface area (Å²) >= 11 is 1.74. The van der Waals surface area contributed by atoms with Gasteiger partial charge in [0.2, 0.25) is 0 Å². The monoisotopic (exact) mass is 947 g/mol. The van der Waals surface area contributed by atoms with Gasteiger partial charge in [0, 0.05) is 42.2 Å². The van der Waals surface area contributed by atoms with Gasteiger partial charge in [0.1, 0.15) is 12.6 Å². The number of esters is 2. The summed E-state index contributed by atoms with van der Waals surface area (Å²) in [6.45, 7) is 16.7. The third-order valence-corrected chi connectivity index (χ3v) is 13.2. The lowest BCUT2D eigenvalue weighted by atomic mass is 9.94. The van der Waals surface area contributed by atoms with Crippen LogP contribution in [0.1, 0.15) is 259 Å². The third kappa shape index (κ3) is 39.6. The Kier molecular flexibility index (Phi) is 50.3. The lowest BCUT2D eigenvalue weighted by Gasteiger charge is -2.22. The molecule has 1 aromatic heterocycles. The first-order valence-corrected chi connectivity index (χ1v) is 28.3. The molecular formula is C57H106N2O6S. The molecule has 0 bridgehead atoms. The highest BCUT2D eigenvalue weighted by molar-refractivity contribution is 7.12. The van der Waals surface area contributed by atoms with E-state index in [1.807, 2.05) is 34.9 Å². The number of likely N-dealkylation sites (N-methyl/N-ethyl adjacent to an activating group) is 1. The van der Waals surface area contributed by atoms with Crippen LogP contribution in [0.2, 0.25) is 0 Å². The van der Waals surface area contributed by atoms with Crippen molar-refractivity contribution in [3.8, 4) is 0 Å². The second-order valence-electron chi connectivity index (χ2n) is 18.5. The second-order valence-corrected chi connectivity index (χ2v) is 19.9. The first kappa shape index (κ1) is 65.7. The van der Waals surface area contributed by atoms with E-state index in [0.717, 1.165) is 113 Å². The van der Waals surface area contributed by atoms with Crippen LogP contribution < -0.4 is 0 Å². The molecule has 2 rings (SSSR count). The molecule has 0 N–H and O–H groups in total. The SMILES string of the molecule is CC.CCCCCCCC/C=C\CCCCCCCC=O.CCCCCCCCC(CCCCCC)C(=O)OCCCCCC=O.Cc1sc2c(c1C(=O)OCCCN(C)C)CCN(C)C2. The molecule has 0 saturated heterocycles. The van der Waals surface area contributed by atoms with Gasteiger partial charge in [-0.2, -0.15) is 0 Å². The average molecular weight is 948 g/mol. The molecule has 0 aromatic carbocycles. The minimum atomic E-state index is -0.136. The highest BCUT2D eigenvalue weighted by Gasteiger charge is 2.26. The van der Waals surface area contributed by atoms with Gasteiger partial charge < -0.3 is 28.9 Å². The molecule has 1 aliphatic heterocycles. The lowest BCUT2D eigenvalue weighted by Crippen LogP contribution is -2.26. The fraction of sp³-hybridized carbons (Fsp3) is 0.825. The number of aldehydes is 2. The molecule has 66 heavy (non-hydrogen) atoms. The largest absolute Gasteiger partial charge is 0.465 e. The smallest absolute Gasteiger partial charge is 0.339 e.